The summed E-state index contributed by atoms with van der Waals surface area (Å²) in [6, 6.07) is 0. The van der Waals surface area contributed by atoms with Crippen molar-refractivity contribution in [1.82, 2.24) is 19.4 Å². The fourth-order valence-electron chi connectivity index (χ4n) is 3.33. The molecule has 2 rings (SSSR count). The summed E-state index contributed by atoms with van der Waals surface area (Å²) in [6.07, 6.45) is 1.18. The number of nitro groups is 1. The van der Waals surface area contributed by atoms with Crippen LogP contribution in [0.4, 0.5) is 11.5 Å². The van der Waals surface area contributed by atoms with E-state index in [1.165, 1.54) is 49.6 Å². The highest BCUT2D eigenvalue weighted by Gasteiger charge is 2.34. The molecule has 2 heterocycles. The van der Waals surface area contributed by atoms with Crippen molar-refractivity contribution in [2.24, 2.45) is 4.99 Å². The zero-order valence-corrected chi connectivity index (χ0v) is 22.9. The zero-order valence-electron chi connectivity index (χ0n) is 22.1. The Hall–Kier alpha value is -3.79. The molecule has 0 saturated carbocycles. The maximum absolute atomic E-state index is 11.9. The third-order valence-corrected chi connectivity index (χ3v) is 5.36. The van der Waals surface area contributed by atoms with Gasteiger partial charge < -0.3 is 28.4 Å². The second-order valence-corrected chi connectivity index (χ2v) is 8.98. The average molecular weight is 555 g/mol. The molecule has 0 bridgehead atoms. The van der Waals surface area contributed by atoms with Crippen molar-refractivity contribution in [1.29, 1.82) is 0 Å². The van der Waals surface area contributed by atoms with Crippen LogP contribution in [0.25, 0.3) is 11.0 Å². The maximum Gasteiger partial charge on any atom is 0.303 e. The van der Waals surface area contributed by atoms with E-state index in [1.54, 1.807) is 25.3 Å². The predicted molar refractivity (Wildman–Crippen MR) is 136 cm³/mol. The van der Waals surface area contributed by atoms with Crippen molar-refractivity contribution in [3.8, 4) is 0 Å². The molecule has 208 valence electrons. The van der Waals surface area contributed by atoms with Crippen LogP contribution in [-0.4, -0.2) is 93.9 Å². The molecule has 0 N–H and O–H groups in total. The van der Waals surface area contributed by atoms with E-state index in [0.29, 0.717) is 5.16 Å². The minimum atomic E-state index is -1.16. The molecule has 3 atom stereocenters. The fourth-order valence-corrected chi connectivity index (χ4v) is 3.68. The summed E-state index contributed by atoms with van der Waals surface area (Å²) in [6.45, 7) is 4.34. The third kappa shape index (κ3) is 8.37. The van der Waals surface area contributed by atoms with Gasteiger partial charge in [0.25, 0.3) is 5.69 Å². The van der Waals surface area contributed by atoms with E-state index in [0.717, 1.165) is 6.92 Å². The van der Waals surface area contributed by atoms with Crippen molar-refractivity contribution < 1.29 is 38.3 Å². The Balaban J connectivity index is 2.55. The number of rotatable bonds is 13. The minimum Gasteiger partial charge on any atom is -0.463 e. The van der Waals surface area contributed by atoms with Crippen molar-refractivity contribution in [3.05, 3.63) is 16.3 Å². The molecule has 1 unspecified atom stereocenters. The summed E-state index contributed by atoms with van der Waals surface area (Å²) < 4.78 is 22.9. The normalized spacial score (nSPS) is 13.7. The van der Waals surface area contributed by atoms with Crippen LogP contribution >= 0.6 is 11.8 Å². The van der Waals surface area contributed by atoms with E-state index in [9.17, 15) is 24.5 Å². The molecule has 0 fully saturated rings. The first-order valence-electron chi connectivity index (χ1n) is 11.2. The first-order valence-corrected chi connectivity index (χ1v) is 12.5. The number of carbonyl (C=O) groups excluding carboxylic acids is 3. The number of hydrogen-bond donors (Lipinski definition) is 0. The highest BCUT2D eigenvalue weighted by molar-refractivity contribution is 7.98. The quantitative estimate of drug-likeness (QED) is 0.0514. The molecule has 0 aliphatic heterocycles. The van der Waals surface area contributed by atoms with Gasteiger partial charge >= 0.3 is 17.9 Å². The Morgan fingerprint density at radius 2 is 1.84 bits per heavy atom. The minimum absolute atomic E-state index is 0.0934. The number of esters is 3. The van der Waals surface area contributed by atoms with Gasteiger partial charge in [0.05, 0.1) is 17.5 Å². The van der Waals surface area contributed by atoms with Gasteiger partial charge in [-0.3, -0.25) is 24.5 Å². The summed E-state index contributed by atoms with van der Waals surface area (Å²) in [5.74, 6) is -1.84. The van der Waals surface area contributed by atoms with Gasteiger partial charge in [-0.1, -0.05) is 11.8 Å². The zero-order chi connectivity index (χ0) is 28.6. The summed E-state index contributed by atoms with van der Waals surface area (Å²) in [5, 5.41) is 12.3. The van der Waals surface area contributed by atoms with E-state index >= 15 is 0 Å². The summed E-state index contributed by atoms with van der Waals surface area (Å²) in [4.78, 5) is 60.7. The van der Waals surface area contributed by atoms with Gasteiger partial charge in [0.1, 0.15) is 30.9 Å². The number of ether oxygens (including phenoxy) is 4. The standard InChI is InChI=1S/C22H30N6O9S/c1-12(36-14(3)30)19(37-15(4)31)17(9-34-13(2)29)35-11-27-8-16(28(32)33)18-20(23-10-26(5)6)24-22(38-7)25-21(18)27/h8,10,12,17,19H,9,11H2,1-7H3/t12?,17-,19+/m1/s1. The number of carbonyl (C=O) groups is 3. The predicted octanol–water partition coefficient (Wildman–Crippen LogP) is 2.07. The number of aliphatic imine (C=N–C) groups is 1. The van der Waals surface area contributed by atoms with Crippen molar-refractivity contribution >= 4 is 58.5 Å². The van der Waals surface area contributed by atoms with Crippen LogP contribution in [-0.2, 0) is 40.1 Å². The number of aromatic nitrogens is 3. The maximum atomic E-state index is 11.9. The topological polar surface area (TPSA) is 178 Å². The third-order valence-electron chi connectivity index (χ3n) is 4.81. The Morgan fingerprint density at radius 1 is 1.18 bits per heavy atom. The number of nitrogens with zero attached hydrogens (tertiary/aromatic N) is 6. The van der Waals surface area contributed by atoms with Gasteiger partial charge in [0, 0.05) is 34.9 Å². The van der Waals surface area contributed by atoms with Gasteiger partial charge in [-0.05, 0) is 13.2 Å². The van der Waals surface area contributed by atoms with E-state index < -0.39 is 41.1 Å². The van der Waals surface area contributed by atoms with Crippen molar-refractivity contribution in [2.45, 2.75) is 57.9 Å². The van der Waals surface area contributed by atoms with E-state index in [2.05, 4.69) is 15.0 Å². The van der Waals surface area contributed by atoms with Crippen molar-refractivity contribution in [2.75, 3.05) is 27.0 Å². The lowest BCUT2D eigenvalue weighted by molar-refractivity contribution is -0.383. The molecule has 0 aliphatic rings. The lowest BCUT2D eigenvalue weighted by Gasteiger charge is -2.30. The number of hydrogen-bond acceptors (Lipinski definition) is 13. The van der Waals surface area contributed by atoms with E-state index in [1.807, 2.05) is 0 Å². The molecule has 0 radical (unpaired) electrons. The van der Waals surface area contributed by atoms with Gasteiger partial charge in [0.2, 0.25) is 0 Å². The number of fused-ring (bicyclic) bond motifs is 1. The molecule has 2 aromatic heterocycles. The SMILES string of the molecule is CSc1nc(N=CN(C)C)c2c([N+](=O)[O-])cn(CO[C@H](COC(C)=O)[C@@H](OC(C)=O)C(C)OC(C)=O)c2n1. The van der Waals surface area contributed by atoms with E-state index in [-0.39, 0.29) is 35.9 Å². The highest BCUT2D eigenvalue weighted by atomic mass is 32.2. The summed E-state index contributed by atoms with van der Waals surface area (Å²) in [5.41, 5.74) is -0.131. The van der Waals surface area contributed by atoms with Crippen LogP contribution in [0.1, 0.15) is 27.7 Å². The molecule has 0 aromatic carbocycles. The Labute approximate surface area is 222 Å². The lowest BCUT2D eigenvalue weighted by atomic mass is 10.1. The van der Waals surface area contributed by atoms with Crippen LogP contribution in [0.5, 0.6) is 0 Å². The van der Waals surface area contributed by atoms with Crippen molar-refractivity contribution in [3.63, 3.8) is 0 Å². The molecule has 0 aliphatic carbocycles. The number of thioether (sulfide) groups is 1. The van der Waals surface area contributed by atoms with Gasteiger partial charge in [0.15, 0.2) is 22.7 Å². The molecule has 38 heavy (non-hydrogen) atoms. The van der Waals surface area contributed by atoms with E-state index in [4.69, 9.17) is 18.9 Å². The smallest absolute Gasteiger partial charge is 0.303 e. The summed E-state index contributed by atoms with van der Waals surface area (Å²) >= 11 is 1.22. The Kier molecular flexibility index (Phi) is 10.9. The summed E-state index contributed by atoms with van der Waals surface area (Å²) in [7, 11) is 3.48. The van der Waals surface area contributed by atoms with Gasteiger partial charge in [-0.25, -0.2) is 15.0 Å². The van der Waals surface area contributed by atoms with Crippen LogP contribution in [0, 0.1) is 10.1 Å². The lowest BCUT2D eigenvalue weighted by Crippen LogP contribution is -2.45. The average Bonchev–Trinajstić information content (AvgIpc) is 3.19. The second kappa shape index (κ2) is 13.7. The van der Waals surface area contributed by atoms with Crippen LogP contribution < -0.4 is 0 Å². The van der Waals surface area contributed by atoms with Crippen LogP contribution in [0.2, 0.25) is 0 Å². The second-order valence-electron chi connectivity index (χ2n) is 8.21. The highest BCUT2D eigenvalue weighted by Crippen LogP contribution is 2.35. The molecular formula is C22H30N6O9S. The van der Waals surface area contributed by atoms with Gasteiger partial charge in [-0.2, -0.15) is 0 Å². The largest absolute Gasteiger partial charge is 0.463 e. The first kappa shape index (κ1) is 30.4. The van der Waals surface area contributed by atoms with Crippen LogP contribution in [0.15, 0.2) is 16.3 Å². The van der Waals surface area contributed by atoms with Crippen LogP contribution in [0.3, 0.4) is 0 Å². The molecule has 0 spiro atoms. The molecule has 0 saturated heterocycles. The molecule has 16 heteroatoms. The monoisotopic (exact) mass is 554 g/mol. The Bertz CT molecular complexity index is 1220. The molecule has 0 amide bonds. The fraction of sp³-hybridized carbons (Fsp3) is 0.545. The first-order chi connectivity index (χ1) is 17.8. The molecule has 2 aromatic rings. The Morgan fingerprint density at radius 3 is 2.37 bits per heavy atom. The van der Waals surface area contributed by atoms with Gasteiger partial charge in [-0.15, -0.1) is 0 Å². The molecule has 15 nitrogen and oxygen atoms in total. The molecular weight excluding hydrogens is 524 g/mol.